The Bertz CT molecular complexity index is 491. The van der Waals surface area contributed by atoms with Crippen molar-refractivity contribution in [3.8, 4) is 11.5 Å². The molecule has 2 aliphatic rings. The Kier molecular flexibility index (Phi) is 6.83. The van der Waals surface area contributed by atoms with Crippen LogP contribution in [0.3, 0.4) is 0 Å². The van der Waals surface area contributed by atoms with Crippen molar-refractivity contribution in [1.29, 1.82) is 0 Å². The molecule has 24 heavy (non-hydrogen) atoms. The molecule has 0 spiro atoms. The summed E-state index contributed by atoms with van der Waals surface area (Å²) in [5.74, 6) is 1.93. The monoisotopic (exact) mass is 331 g/mol. The average molecular weight is 332 g/mol. The van der Waals surface area contributed by atoms with E-state index in [2.05, 4.69) is 30.4 Å². The summed E-state index contributed by atoms with van der Waals surface area (Å²) in [6.45, 7) is 4.32. The van der Waals surface area contributed by atoms with Gasteiger partial charge in [0.2, 0.25) is 0 Å². The summed E-state index contributed by atoms with van der Waals surface area (Å²) in [5.41, 5.74) is 1.34. The minimum absolute atomic E-state index is 0.379. The Labute approximate surface area is 147 Å². The van der Waals surface area contributed by atoms with E-state index in [0.29, 0.717) is 12.2 Å². The summed E-state index contributed by atoms with van der Waals surface area (Å²) in [6, 6.07) is 6.56. The Morgan fingerprint density at radius 2 is 1.50 bits per heavy atom. The molecule has 0 aromatic heterocycles. The fourth-order valence-electron chi connectivity index (χ4n) is 3.80. The van der Waals surface area contributed by atoms with Gasteiger partial charge < -0.3 is 14.8 Å². The van der Waals surface area contributed by atoms with Crippen molar-refractivity contribution in [3.05, 3.63) is 23.8 Å². The Balaban J connectivity index is 1.65. The Morgan fingerprint density at radius 3 is 2.12 bits per heavy atom. The highest BCUT2D eigenvalue weighted by Gasteiger charge is 2.22. The van der Waals surface area contributed by atoms with Gasteiger partial charge in [-0.2, -0.15) is 0 Å². The molecule has 0 heterocycles. The lowest BCUT2D eigenvalue weighted by Crippen LogP contribution is -2.18. The number of benzene rings is 1. The van der Waals surface area contributed by atoms with Crippen molar-refractivity contribution >= 4 is 0 Å². The highest BCUT2D eigenvalue weighted by molar-refractivity contribution is 5.43. The van der Waals surface area contributed by atoms with Gasteiger partial charge in [-0.25, -0.2) is 0 Å². The van der Waals surface area contributed by atoms with E-state index in [-0.39, 0.29) is 0 Å². The van der Waals surface area contributed by atoms with E-state index in [1.165, 1.54) is 63.4 Å². The number of hydrogen-bond acceptors (Lipinski definition) is 3. The number of ether oxygens (including phenoxy) is 2. The molecule has 0 radical (unpaired) electrons. The van der Waals surface area contributed by atoms with Gasteiger partial charge in [0.05, 0.1) is 12.2 Å². The zero-order chi connectivity index (χ0) is 16.6. The molecule has 2 fully saturated rings. The van der Waals surface area contributed by atoms with E-state index in [4.69, 9.17) is 9.47 Å². The van der Waals surface area contributed by atoms with Crippen molar-refractivity contribution in [2.75, 3.05) is 13.1 Å². The largest absolute Gasteiger partial charge is 0.487 e. The van der Waals surface area contributed by atoms with Crippen molar-refractivity contribution < 1.29 is 9.47 Å². The first-order valence-corrected chi connectivity index (χ1v) is 10.0. The second-order valence-electron chi connectivity index (χ2n) is 7.33. The zero-order valence-electron chi connectivity index (χ0n) is 15.2. The zero-order valence-corrected chi connectivity index (χ0v) is 15.2. The van der Waals surface area contributed by atoms with Gasteiger partial charge in [-0.1, -0.05) is 13.0 Å². The molecule has 2 aliphatic carbocycles. The van der Waals surface area contributed by atoms with Gasteiger partial charge in [0, 0.05) is 0 Å². The van der Waals surface area contributed by atoms with Gasteiger partial charge in [-0.05, 0) is 95.0 Å². The summed E-state index contributed by atoms with van der Waals surface area (Å²) in [5, 5.41) is 3.48. The molecule has 0 bridgehead atoms. The molecule has 0 unspecified atom stereocenters. The lowest BCUT2D eigenvalue weighted by atomic mass is 10.1. The maximum absolute atomic E-state index is 6.34. The third-order valence-electron chi connectivity index (χ3n) is 5.22. The lowest BCUT2D eigenvalue weighted by molar-refractivity contribution is 0.170. The first kappa shape index (κ1) is 17.6. The van der Waals surface area contributed by atoms with Crippen molar-refractivity contribution in [2.24, 2.45) is 0 Å². The van der Waals surface area contributed by atoms with Crippen LogP contribution in [0, 0.1) is 0 Å². The summed E-state index contributed by atoms with van der Waals surface area (Å²) in [6.07, 6.45) is 12.9. The van der Waals surface area contributed by atoms with Crippen LogP contribution in [0.2, 0.25) is 0 Å². The fraction of sp³-hybridized carbons (Fsp3) is 0.714. The van der Waals surface area contributed by atoms with E-state index >= 15 is 0 Å². The Hall–Kier alpha value is -1.22. The number of rotatable bonds is 9. The fourth-order valence-corrected chi connectivity index (χ4v) is 3.80. The Morgan fingerprint density at radius 1 is 0.875 bits per heavy atom. The molecule has 3 rings (SSSR count). The lowest BCUT2D eigenvalue weighted by Gasteiger charge is -2.20. The van der Waals surface area contributed by atoms with Crippen molar-refractivity contribution in [2.45, 2.75) is 83.3 Å². The van der Waals surface area contributed by atoms with E-state index in [1.807, 2.05) is 0 Å². The van der Waals surface area contributed by atoms with Crippen LogP contribution in [0.25, 0.3) is 0 Å². The third kappa shape index (κ3) is 5.14. The van der Waals surface area contributed by atoms with Gasteiger partial charge in [-0.3, -0.25) is 0 Å². The van der Waals surface area contributed by atoms with E-state index in [1.54, 1.807) is 0 Å². The minimum Gasteiger partial charge on any atom is -0.487 e. The summed E-state index contributed by atoms with van der Waals surface area (Å²) >= 11 is 0. The highest BCUT2D eigenvalue weighted by Crippen LogP contribution is 2.35. The molecule has 0 atom stereocenters. The minimum atomic E-state index is 0.379. The predicted octanol–water partition coefficient (Wildman–Crippen LogP) is 4.87. The number of nitrogens with one attached hydrogen (secondary N) is 1. The molecular formula is C21H33NO2. The van der Waals surface area contributed by atoms with Crippen LogP contribution in [0.15, 0.2) is 18.2 Å². The summed E-state index contributed by atoms with van der Waals surface area (Å²) in [4.78, 5) is 0. The second kappa shape index (κ2) is 9.31. The summed E-state index contributed by atoms with van der Waals surface area (Å²) in [7, 11) is 0. The van der Waals surface area contributed by atoms with Gasteiger partial charge in [-0.15, -0.1) is 0 Å². The molecule has 0 amide bonds. The quantitative estimate of drug-likeness (QED) is 0.655. The molecular weight excluding hydrogens is 298 g/mol. The van der Waals surface area contributed by atoms with Gasteiger partial charge in [0.1, 0.15) is 0 Å². The second-order valence-corrected chi connectivity index (χ2v) is 7.33. The molecule has 2 saturated carbocycles. The molecule has 134 valence electrons. The van der Waals surface area contributed by atoms with E-state index in [0.717, 1.165) is 31.0 Å². The molecule has 0 aliphatic heterocycles. The predicted molar refractivity (Wildman–Crippen MR) is 99.1 cm³/mol. The SMILES string of the molecule is CCCNCCc1ccc(OC2CCCC2)c(OC2CCCC2)c1. The van der Waals surface area contributed by atoms with Crippen molar-refractivity contribution in [3.63, 3.8) is 0 Å². The molecule has 0 saturated heterocycles. The maximum atomic E-state index is 6.34. The topological polar surface area (TPSA) is 30.5 Å². The maximum Gasteiger partial charge on any atom is 0.161 e. The first-order valence-electron chi connectivity index (χ1n) is 10.0. The normalized spacial score (nSPS) is 19.0. The first-order chi connectivity index (χ1) is 11.8. The highest BCUT2D eigenvalue weighted by atomic mass is 16.5. The van der Waals surface area contributed by atoms with Crippen LogP contribution in [0.1, 0.15) is 70.3 Å². The van der Waals surface area contributed by atoms with Gasteiger partial charge in [0.25, 0.3) is 0 Å². The third-order valence-corrected chi connectivity index (χ3v) is 5.22. The molecule has 1 aromatic carbocycles. The van der Waals surface area contributed by atoms with Crippen molar-refractivity contribution in [1.82, 2.24) is 5.32 Å². The van der Waals surface area contributed by atoms with E-state index in [9.17, 15) is 0 Å². The molecule has 1 N–H and O–H groups in total. The van der Waals surface area contributed by atoms with Gasteiger partial charge in [0.15, 0.2) is 11.5 Å². The van der Waals surface area contributed by atoms with Crippen LogP contribution >= 0.6 is 0 Å². The van der Waals surface area contributed by atoms with Gasteiger partial charge >= 0.3 is 0 Å². The number of hydrogen-bond donors (Lipinski definition) is 1. The van der Waals surface area contributed by atoms with Crippen LogP contribution < -0.4 is 14.8 Å². The molecule has 3 heteroatoms. The average Bonchev–Trinajstić information content (AvgIpc) is 3.28. The van der Waals surface area contributed by atoms with Crippen LogP contribution in [0.4, 0.5) is 0 Å². The smallest absolute Gasteiger partial charge is 0.161 e. The summed E-state index contributed by atoms with van der Waals surface area (Å²) < 4.78 is 12.6. The van der Waals surface area contributed by atoms with Crippen LogP contribution in [-0.4, -0.2) is 25.3 Å². The standard InChI is InChI=1S/C21H33NO2/c1-2-14-22-15-13-17-11-12-20(23-18-7-3-4-8-18)21(16-17)24-19-9-5-6-10-19/h11-12,16,18-19,22H,2-10,13-15H2,1H3. The molecule has 1 aromatic rings. The van der Waals surface area contributed by atoms with Crippen LogP contribution in [-0.2, 0) is 6.42 Å². The van der Waals surface area contributed by atoms with Crippen LogP contribution in [0.5, 0.6) is 11.5 Å². The molecule has 3 nitrogen and oxygen atoms in total. The van der Waals surface area contributed by atoms with E-state index < -0.39 is 0 Å².